The predicted octanol–water partition coefficient (Wildman–Crippen LogP) is 2.58. The fraction of sp³-hybridized carbons (Fsp3) is 0.368. The number of pyridine rings is 1. The highest BCUT2D eigenvalue weighted by molar-refractivity contribution is 5.95. The Balaban J connectivity index is 1.80. The van der Waals surface area contributed by atoms with E-state index in [-0.39, 0.29) is 17.5 Å². The van der Waals surface area contributed by atoms with E-state index in [2.05, 4.69) is 10.3 Å². The highest BCUT2D eigenvalue weighted by Gasteiger charge is 2.24. The minimum absolute atomic E-state index is 0.0725. The fourth-order valence-corrected chi connectivity index (χ4v) is 3.13. The fourth-order valence-electron chi connectivity index (χ4n) is 3.13. The van der Waals surface area contributed by atoms with E-state index in [9.17, 15) is 9.59 Å². The first-order valence-electron chi connectivity index (χ1n) is 8.27. The molecule has 0 radical (unpaired) electrons. The molecule has 126 valence electrons. The molecule has 0 aliphatic carbocycles. The van der Waals surface area contributed by atoms with Gasteiger partial charge in [-0.1, -0.05) is 30.3 Å². The minimum Gasteiger partial charge on any atom is -0.381 e. The summed E-state index contributed by atoms with van der Waals surface area (Å²) < 4.78 is 5.46. The van der Waals surface area contributed by atoms with E-state index in [1.54, 1.807) is 13.0 Å². The molecule has 0 spiro atoms. The van der Waals surface area contributed by atoms with Crippen molar-refractivity contribution >= 4 is 5.91 Å². The number of rotatable bonds is 5. The summed E-state index contributed by atoms with van der Waals surface area (Å²) in [6.45, 7) is 3.27. The number of aromatic nitrogens is 1. The van der Waals surface area contributed by atoms with Gasteiger partial charge in [0.25, 0.3) is 5.91 Å². The van der Waals surface area contributed by atoms with Gasteiger partial charge in [0.1, 0.15) is 0 Å². The van der Waals surface area contributed by atoms with Crippen LogP contribution in [0, 0.1) is 12.8 Å². The van der Waals surface area contributed by atoms with Crippen LogP contribution in [0.25, 0.3) is 0 Å². The molecule has 2 N–H and O–H groups in total. The van der Waals surface area contributed by atoms with Gasteiger partial charge >= 0.3 is 0 Å². The van der Waals surface area contributed by atoms with E-state index >= 15 is 0 Å². The molecule has 2 atom stereocenters. The molecule has 2 aromatic rings. The molecule has 0 bridgehead atoms. The summed E-state index contributed by atoms with van der Waals surface area (Å²) in [6.07, 6.45) is 1.87. The molecule has 5 heteroatoms. The van der Waals surface area contributed by atoms with E-state index in [1.807, 2.05) is 30.3 Å². The van der Waals surface area contributed by atoms with Gasteiger partial charge in [0.15, 0.2) is 0 Å². The van der Waals surface area contributed by atoms with Crippen LogP contribution in [-0.4, -0.2) is 24.1 Å². The van der Waals surface area contributed by atoms with E-state index in [4.69, 9.17) is 4.74 Å². The third-order valence-corrected chi connectivity index (χ3v) is 4.46. The number of carbonyl (C=O) groups is 1. The number of benzene rings is 1. The molecule has 1 fully saturated rings. The lowest BCUT2D eigenvalue weighted by Gasteiger charge is -2.22. The first-order valence-corrected chi connectivity index (χ1v) is 8.27. The van der Waals surface area contributed by atoms with E-state index in [1.165, 1.54) is 6.07 Å². The van der Waals surface area contributed by atoms with Gasteiger partial charge in [-0.05, 0) is 37.3 Å². The molecular formula is C19H22N2O3. The number of amides is 1. The molecule has 1 amide bonds. The standard InChI is InChI=1S/C19H22N2O3/c1-13-16(7-8-18(22)20-13)19(23)21-17(11-14-9-10-24-12-14)15-5-3-2-4-6-15/h2-8,14,17H,9-12H2,1H3,(H,20,22)(H,21,23)/t14-,17+/m1/s1. The van der Waals surface area contributed by atoms with Crippen LogP contribution in [0.1, 0.15) is 40.5 Å². The molecule has 3 rings (SSSR count). The van der Waals surface area contributed by atoms with Crippen LogP contribution >= 0.6 is 0 Å². The number of hydrogen-bond donors (Lipinski definition) is 2. The van der Waals surface area contributed by atoms with Crippen LogP contribution in [0.15, 0.2) is 47.3 Å². The molecule has 1 aliphatic heterocycles. The highest BCUT2D eigenvalue weighted by Crippen LogP contribution is 2.27. The van der Waals surface area contributed by atoms with Crippen LogP contribution in [0.4, 0.5) is 0 Å². The molecule has 1 aromatic carbocycles. The summed E-state index contributed by atoms with van der Waals surface area (Å²) in [6, 6.07) is 12.9. The lowest BCUT2D eigenvalue weighted by Crippen LogP contribution is -2.31. The lowest BCUT2D eigenvalue weighted by atomic mass is 9.94. The number of hydrogen-bond acceptors (Lipinski definition) is 3. The maximum atomic E-state index is 12.7. The van der Waals surface area contributed by atoms with E-state index in [0.29, 0.717) is 17.2 Å². The summed E-state index contributed by atoms with van der Waals surface area (Å²) in [7, 11) is 0. The zero-order valence-electron chi connectivity index (χ0n) is 13.7. The SMILES string of the molecule is Cc1[nH]c(=O)ccc1C(=O)N[C@@H](C[C@H]1CCOC1)c1ccccc1. The van der Waals surface area contributed by atoms with Crippen LogP contribution in [0.3, 0.4) is 0 Å². The number of H-pyrrole nitrogens is 1. The molecular weight excluding hydrogens is 304 g/mol. The first kappa shape index (κ1) is 16.5. The Kier molecular flexibility index (Phi) is 5.11. The van der Waals surface area contributed by atoms with Crippen LogP contribution in [0.2, 0.25) is 0 Å². The van der Waals surface area contributed by atoms with Crippen molar-refractivity contribution in [3.63, 3.8) is 0 Å². The van der Waals surface area contributed by atoms with Crippen LogP contribution < -0.4 is 10.9 Å². The summed E-state index contributed by atoms with van der Waals surface area (Å²) in [5.41, 5.74) is 1.96. The second-order valence-electron chi connectivity index (χ2n) is 6.26. The predicted molar refractivity (Wildman–Crippen MR) is 92.0 cm³/mol. The molecule has 0 unspecified atom stereocenters. The molecule has 2 heterocycles. The quantitative estimate of drug-likeness (QED) is 0.887. The Morgan fingerprint density at radius 2 is 2.08 bits per heavy atom. The van der Waals surface area contributed by atoms with Crippen molar-refractivity contribution in [2.75, 3.05) is 13.2 Å². The van der Waals surface area contributed by atoms with E-state index in [0.717, 1.165) is 31.6 Å². The molecule has 1 saturated heterocycles. The zero-order chi connectivity index (χ0) is 16.9. The van der Waals surface area contributed by atoms with Gasteiger partial charge in [0, 0.05) is 25.0 Å². The van der Waals surface area contributed by atoms with Gasteiger partial charge in [-0.15, -0.1) is 0 Å². The van der Waals surface area contributed by atoms with Crippen molar-refractivity contribution in [2.45, 2.75) is 25.8 Å². The summed E-state index contributed by atoms with van der Waals surface area (Å²) in [5, 5.41) is 3.12. The van der Waals surface area contributed by atoms with Gasteiger partial charge in [-0.2, -0.15) is 0 Å². The average Bonchev–Trinajstić information content (AvgIpc) is 3.08. The van der Waals surface area contributed by atoms with Crippen LogP contribution in [-0.2, 0) is 4.74 Å². The smallest absolute Gasteiger partial charge is 0.253 e. The molecule has 0 saturated carbocycles. The Hall–Kier alpha value is -2.40. The van der Waals surface area contributed by atoms with Gasteiger partial charge in [0.05, 0.1) is 11.6 Å². The van der Waals surface area contributed by atoms with Gasteiger partial charge in [-0.25, -0.2) is 0 Å². The van der Waals surface area contributed by atoms with E-state index < -0.39 is 0 Å². The van der Waals surface area contributed by atoms with Crippen LogP contribution in [0.5, 0.6) is 0 Å². The van der Waals surface area contributed by atoms with Gasteiger partial charge in [-0.3, -0.25) is 9.59 Å². The Labute approximate surface area is 141 Å². The topological polar surface area (TPSA) is 71.2 Å². The molecule has 5 nitrogen and oxygen atoms in total. The zero-order valence-corrected chi connectivity index (χ0v) is 13.7. The Morgan fingerprint density at radius 3 is 2.75 bits per heavy atom. The maximum Gasteiger partial charge on any atom is 0.253 e. The summed E-state index contributed by atoms with van der Waals surface area (Å²) >= 11 is 0. The van der Waals surface area contributed by atoms with Crippen molar-refractivity contribution in [2.24, 2.45) is 5.92 Å². The largest absolute Gasteiger partial charge is 0.381 e. The Bertz CT molecular complexity index is 749. The van der Waals surface area contributed by atoms with Crippen molar-refractivity contribution < 1.29 is 9.53 Å². The number of aromatic amines is 1. The number of aryl methyl sites for hydroxylation is 1. The maximum absolute atomic E-state index is 12.7. The third kappa shape index (κ3) is 3.92. The lowest BCUT2D eigenvalue weighted by molar-refractivity contribution is 0.0927. The average molecular weight is 326 g/mol. The second kappa shape index (κ2) is 7.45. The summed E-state index contributed by atoms with van der Waals surface area (Å²) in [5.74, 6) is 0.281. The molecule has 1 aliphatic rings. The first-order chi connectivity index (χ1) is 11.6. The number of carbonyl (C=O) groups excluding carboxylic acids is 1. The number of nitrogens with one attached hydrogen (secondary N) is 2. The van der Waals surface area contributed by atoms with Gasteiger partial charge in [0.2, 0.25) is 5.56 Å². The summed E-state index contributed by atoms with van der Waals surface area (Å²) in [4.78, 5) is 26.7. The number of ether oxygens (including phenoxy) is 1. The monoisotopic (exact) mass is 326 g/mol. The third-order valence-electron chi connectivity index (χ3n) is 4.46. The second-order valence-corrected chi connectivity index (χ2v) is 6.26. The minimum atomic E-state index is -0.202. The van der Waals surface area contributed by atoms with Crippen molar-refractivity contribution in [1.82, 2.24) is 10.3 Å². The highest BCUT2D eigenvalue weighted by atomic mass is 16.5. The van der Waals surface area contributed by atoms with Crippen molar-refractivity contribution in [3.05, 3.63) is 69.6 Å². The van der Waals surface area contributed by atoms with Gasteiger partial charge < -0.3 is 15.0 Å². The molecule has 24 heavy (non-hydrogen) atoms. The van der Waals surface area contributed by atoms with Crippen molar-refractivity contribution in [3.8, 4) is 0 Å². The molecule has 1 aromatic heterocycles. The van der Waals surface area contributed by atoms with Crippen molar-refractivity contribution in [1.29, 1.82) is 0 Å². The Morgan fingerprint density at radius 1 is 1.29 bits per heavy atom. The normalized spacial score (nSPS) is 18.3.